The fourth-order valence-electron chi connectivity index (χ4n) is 0.940. The molecular weight excluding hydrogens is 164 g/mol. The average Bonchev–Trinajstić information content (AvgIpc) is 2.17. The summed E-state index contributed by atoms with van der Waals surface area (Å²) in [6.07, 6.45) is 2.38. The molecule has 3 heteroatoms. The van der Waals surface area contributed by atoms with Crippen LogP contribution in [0.3, 0.4) is 0 Å². The summed E-state index contributed by atoms with van der Waals surface area (Å²) in [4.78, 5) is 16.6. The van der Waals surface area contributed by atoms with Crippen LogP contribution in [0, 0.1) is 0 Å². The summed E-state index contributed by atoms with van der Waals surface area (Å²) in [5.41, 5.74) is 0.612. The number of aromatic nitrogens is 1. The minimum Gasteiger partial charge on any atom is -0.357 e. The number of hydrogen-bond donors (Lipinski definition) is 0. The molecule has 0 amide bonds. The van der Waals surface area contributed by atoms with E-state index in [2.05, 4.69) is 23.7 Å². The van der Waals surface area contributed by atoms with Gasteiger partial charge in [0.05, 0.1) is 0 Å². The van der Waals surface area contributed by atoms with Gasteiger partial charge in [0.15, 0.2) is 6.29 Å². The monoisotopic (exact) mass is 178 g/mol. The van der Waals surface area contributed by atoms with Crippen LogP contribution in [-0.4, -0.2) is 24.4 Å². The molecule has 13 heavy (non-hydrogen) atoms. The van der Waals surface area contributed by atoms with Gasteiger partial charge in [0.1, 0.15) is 5.82 Å². The van der Waals surface area contributed by atoms with Crippen LogP contribution in [0.25, 0.3) is 0 Å². The predicted molar refractivity (Wildman–Crippen MR) is 53.2 cm³/mol. The van der Waals surface area contributed by atoms with E-state index in [0.717, 1.165) is 12.1 Å². The van der Waals surface area contributed by atoms with Gasteiger partial charge in [0.25, 0.3) is 0 Å². The van der Waals surface area contributed by atoms with Crippen LogP contribution in [0.15, 0.2) is 18.3 Å². The molecule has 0 radical (unpaired) electrons. The second kappa shape index (κ2) is 4.03. The van der Waals surface area contributed by atoms with Crippen molar-refractivity contribution in [3.05, 3.63) is 23.9 Å². The third kappa shape index (κ3) is 2.28. The maximum Gasteiger partial charge on any atom is 0.151 e. The number of rotatable bonds is 3. The molecule has 0 saturated carbocycles. The molecule has 0 N–H and O–H groups in total. The molecule has 0 aliphatic rings. The van der Waals surface area contributed by atoms with Gasteiger partial charge in [-0.2, -0.15) is 0 Å². The molecule has 1 aromatic rings. The summed E-state index contributed by atoms with van der Waals surface area (Å²) < 4.78 is 0. The summed E-state index contributed by atoms with van der Waals surface area (Å²) in [6, 6.07) is 4.03. The molecule has 0 atom stereocenters. The van der Waals surface area contributed by atoms with Crippen LogP contribution in [-0.2, 0) is 0 Å². The Morgan fingerprint density at radius 3 is 2.54 bits per heavy atom. The van der Waals surface area contributed by atoms with Gasteiger partial charge < -0.3 is 4.90 Å². The number of aldehydes is 1. The van der Waals surface area contributed by atoms with Crippen LogP contribution in [0.5, 0.6) is 0 Å². The third-order valence-corrected chi connectivity index (χ3v) is 2.04. The summed E-state index contributed by atoms with van der Waals surface area (Å²) in [6.45, 7) is 4.19. The van der Waals surface area contributed by atoms with Crippen molar-refractivity contribution in [2.75, 3.05) is 11.9 Å². The number of carbonyl (C=O) groups is 1. The van der Waals surface area contributed by atoms with Gasteiger partial charge in [0, 0.05) is 24.8 Å². The SMILES string of the molecule is CC(C)N(C)c1ccc(C=O)cn1. The van der Waals surface area contributed by atoms with Crippen molar-refractivity contribution in [2.24, 2.45) is 0 Å². The van der Waals surface area contributed by atoms with Gasteiger partial charge in [-0.1, -0.05) is 0 Å². The Balaban J connectivity index is 2.85. The lowest BCUT2D eigenvalue weighted by Crippen LogP contribution is -2.26. The van der Waals surface area contributed by atoms with Crippen molar-refractivity contribution in [2.45, 2.75) is 19.9 Å². The number of pyridine rings is 1. The Morgan fingerprint density at radius 1 is 1.46 bits per heavy atom. The Morgan fingerprint density at radius 2 is 2.15 bits per heavy atom. The van der Waals surface area contributed by atoms with Crippen LogP contribution < -0.4 is 4.90 Å². The maximum absolute atomic E-state index is 10.4. The minimum atomic E-state index is 0.412. The molecule has 0 spiro atoms. The van der Waals surface area contributed by atoms with Gasteiger partial charge in [-0.05, 0) is 26.0 Å². The summed E-state index contributed by atoms with van der Waals surface area (Å²) in [7, 11) is 1.98. The van der Waals surface area contributed by atoms with Crippen molar-refractivity contribution < 1.29 is 4.79 Å². The highest BCUT2D eigenvalue weighted by molar-refractivity contribution is 5.74. The van der Waals surface area contributed by atoms with Crippen molar-refractivity contribution in [3.63, 3.8) is 0 Å². The topological polar surface area (TPSA) is 33.2 Å². The van der Waals surface area contributed by atoms with Crippen molar-refractivity contribution in [3.8, 4) is 0 Å². The molecule has 0 aromatic carbocycles. The number of nitrogens with zero attached hydrogens (tertiary/aromatic N) is 2. The molecule has 3 nitrogen and oxygen atoms in total. The molecule has 0 aliphatic heterocycles. The van der Waals surface area contributed by atoms with Gasteiger partial charge >= 0.3 is 0 Å². The standard InChI is InChI=1S/C10H14N2O/c1-8(2)12(3)10-5-4-9(7-13)6-11-10/h4-8H,1-3H3. The fourth-order valence-corrected chi connectivity index (χ4v) is 0.940. The van der Waals surface area contributed by atoms with Crippen LogP contribution >= 0.6 is 0 Å². The van der Waals surface area contributed by atoms with Gasteiger partial charge in [-0.15, -0.1) is 0 Å². The molecule has 70 valence electrons. The van der Waals surface area contributed by atoms with E-state index in [-0.39, 0.29) is 0 Å². The maximum atomic E-state index is 10.4. The largest absolute Gasteiger partial charge is 0.357 e. The third-order valence-electron chi connectivity index (χ3n) is 2.04. The summed E-state index contributed by atoms with van der Waals surface area (Å²) in [5.74, 6) is 0.889. The zero-order valence-corrected chi connectivity index (χ0v) is 8.19. The van der Waals surface area contributed by atoms with E-state index in [1.54, 1.807) is 12.3 Å². The smallest absolute Gasteiger partial charge is 0.151 e. The van der Waals surface area contributed by atoms with Crippen molar-refractivity contribution in [1.29, 1.82) is 0 Å². The summed E-state index contributed by atoms with van der Waals surface area (Å²) >= 11 is 0. The molecule has 1 rings (SSSR count). The van der Waals surface area contributed by atoms with Gasteiger partial charge in [-0.3, -0.25) is 4.79 Å². The fraction of sp³-hybridized carbons (Fsp3) is 0.400. The van der Waals surface area contributed by atoms with E-state index < -0.39 is 0 Å². The lowest BCUT2D eigenvalue weighted by Gasteiger charge is -2.22. The first-order chi connectivity index (χ1) is 6.15. The first kappa shape index (κ1) is 9.71. The van der Waals surface area contributed by atoms with Gasteiger partial charge in [-0.25, -0.2) is 4.98 Å². The molecule has 0 unspecified atom stereocenters. The van der Waals surface area contributed by atoms with E-state index >= 15 is 0 Å². The van der Waals surface area contributed by atoms with E-state index in [0.29, 0.717) is 11.6 Å². The predicted octanol–water partition coefficient (Wildman–Crippen LogP) is 1.74. The highest BCUT2D eigenvalue weighted by Gasteiger charge is 2.04. The molecule has 0 aliphatic carbocycles. The van der Waals surface area contributed by atoms with E-state index in [4.69, 9.17) is 0 Å². The minimum absolute atomic E-state index is 0.412. The van der Waals surface area contributed by atoms with E-state index in [9.17, 15) is 4.79 Å². The quantitative estimate of drug-likeness (QED) is 0.661. The first-order valence-corrected chi connectivity index (χ1v) is 4.29. The van der Waals surface area contributed by atoms with Crippen molar-refractivity contribution >= 4 is 12.1 Å². The Labute approximate surface area is 78.4 Å². The highest BCUT2D eigenvalue weighted by atomic mass is 16.1. The molecule has 1 heterocycles. The zero-order chi connectivity index (χ0) is 9.84. The Kier molecular flexibility index (Phi) is 3.01. The van der Waals surface area contributed by atoms with Crippen LogP contribution in [0.2, 0.25) is 0 Å². The lowest BCUT2D eigenvalue weighted by molar-refractivity contribution is 0.112. The molecule has 0 bridgehead atoms. The zero-order valence-electron chi connectivity index (χ0n) is 8.19. The van der Waals surface area contributed by atoms with Crippen molar-refractivity contribution in [1.82, 2.24) is 4.98 Å². The number of anilines is 1. The van der Waals surface area contributed by atoms with Crippen LogP contribution in [0.4, 0.5) is 5.82 Å². The Hall–Kier alpha value is -1.38. The normalized spacial score (nSPS) is 10.2. The second-order valence-electron chi connectivity index (χ2n) is 3.27. The molecule has 0 fully saturated rings. The van der Waals surface area contributed by atoms with Gasteiger partial charge in [0.2, 0.25) is 0 Å². The number of carbonyl (C=O) groups excluding carboxylic acids is 1. The average molecular weight is 178 g/mol. The van der Waals surface area contributed by atoms with E-state index in [1.165, 1.54) is 0 Å². The molecular formula is C10H14N2O. The Bertz CT molecular complexity index is 279. The number of hydrogen-bond acceptors (Lipinski definition) is 3. The first-order valence-electron chi connectivity index (χ1n) is 4.29. The highest BCUT2D eigenvalue weighted by Crippen LogP contribution is 2.10. The molecule has 1 aromatic heterocycles. The lowest BCUT2D eigenvalue weighted by atomic mass is 10.3. The molecule has 0 saturated heterocycles. The van der Waals surface area contributed by atoms with E-state index in [1.807, 2.05) is 13.1 Å². The van der Waals surface area contributed by atoms with Crippen LogP contribution in [0.1, 0.15) is 24.2 Å². The summed E-state index contributed by atoms with van der Waals surface area (Å²) in [5, 5.41) is 0. The second-order valence-corrected chi connectivity index (χ2v) is 3.27.